The minimum atomic E-state index is -4.39. The van der Waals surface area contributed by atoms with Crippen LogP contribution in [0.5, 0.6) is 0 Å². The standard InChI is InChI=1S/C16H13ClF3N5O/c17-11-3-6-13(15-22-24-25(23-15)7-8-26)14(9-11)21-12-4-1-10(2-5-12)16(18,19)20/h1-6,9,21,26H,7-8H2. The molecule has 10 heteroatoms. The number of nitrogens with one attached hydrogen (secondary N) is 1. The molecule has 2 N–H and O–H groups in total. The maximum atomic E-state index is 12.7. The molecule has 0 unspecified atom stereocenters. The van der Waals surface area contributed by atoms with Crippen molar-refractivity contribution in [2.24, 2.45) is 0 Å². The van der Waals surface area contributed by atoms with E-state index in [9.17, 15) is 13.2 Å². The van der Waals surface area contributed by atoms with Gasteiger partial charge in [0.1, 0.15) is 0 Å². The Morgan fingerprint density at radius 1 is 1.12 bits per heavy atom. The van der Waals surface area contributed by atoms with Crippen molar-refractivity contribution in [1.82, 2.24) is 20.2 Å². The van der Waals surface area contributed by atoms with E-state index >= 15 is 0 Å². The number of benzene rings is 2. The lowest BCUT2D eigenvalue weighted by atomic mass is 10.1. The molecule has 0 bridgehead atoms. The molecular formula is C16H13ClF3N5O. The summed E-state index contributed by atoms with van der Waals surface area (Å²) in [5, 5.41) is 24.3. The van der Waals surface area contributed by atoms with E-state index in [2.05, 4.69) is 20.7 Å². The van der Waals surface area contributed by atoms with Crippen LogP contribution in [0, 0.1) is 0 Å². The number of nitrogens with zero attached hydrogens (tertiary/aromatic N) is 4. The Morgan fingerprint density at radius 3 is 2.50 bits per heavy atom. The van der Waals surface area contributed by atoms with Gasteiger partial charge in [-0.2, -0.15) is 18.0 Å². The van der Waals surface area contributed by atoms with E-state index in [1.165, 1.54) is 16.9 Å². The van der Waals surface area contributed by atoms with Crippen molar-refractivity contribution in [2.75, 3.05) is 11.9 Å². The third kappa shape index (κ3) is 4.12. The molecule has 0 fully saturated rings. The highest BCUT2D eigenvalue weighted by atomic mass is 35.5. The van der Waals surface area contributed by atoms with Gasteiger partial charge in [0.2, 0.25) is 5.82 Å². The van der Waals surface area contributed by atoms with Crippen LogP contribution in [0.3, 0.4) is 0 Å². The zero-order chi connectivity index (χ0) is 18.7. The molecule has 3 aromatic rings. The Morgan fingerprint density at radius 2 is 1.85 bits per heavy atom. The van der Waals surface area contributed by atoms with Crippen molar-refractivity contribution in [2.45, 2.75) is 12.7 Å². The lowest BCUT2D eigenvalue weighted by Crippen LogP contribution is -2.05. The molecule has 1 aromatic heterocycles. The average molecular weight is 384 g/mol. The van der Waals surface area contributed by atoms with Gasteiger partial charge in [-0.25, -0.2) is 0 Å². The Balaban J connectivity index is 1.90. The first kappa shape index (κ1) is 18.2. The summed E-state index contributed by atoms with van der Waals surface area (Å²) in [7, 11) is 0. The number of halogens is 4. The predicted octanol–water partition coefficient (Wildman–Crippen LogP) is 3.75. The number of hydrogen-bond acceptors (Lipinski definition) is 5. The number of tetrazole rings is 1. The zero-order valence-electron chi connectivity index (χ0n) is 13.2. The maximum Gasteiger partial charge on any atom is 0.416 e. The molecule has 6 nitrogen and oxygen atoms in total. The summed E-state index contributed by atoms with van der Waals surface area (Å²) in [4.78, 5) is 1.24. The number of hydrogen-bond donors (Lipinski definition) is 2. The van der Waals surface area contributed by atoms with Crippen LogP contribution in [0.25, 0.3) is 11.4 Å². The Bertz CT molecular complexity index is 896. The third-order valence-electron chi connectivity index (χ3n) is 3.47. The van der Waals surface area contributed by atoms with E-state index in [0.717, 1.165) is 12.1 Å². The van der Waals surface area contributed by atoms with Crippen molar-refractivity contribution in [3.8, 4) is 11.4 Å². The normalized spacial score (nSPS) is 11.6. The molecule has 3 rings (SSSR count). The Kier molecular flexibility index (Phi) is 5.10. The number of alkyl halides is 3. The Hall–Kier alpha value is -2.65. The van der Waals surface area contributed by atoms with Crippen LogP contribution in [0.4, 0.5) is 24.5 Å². The second-order valence-electron chi connectivity index (χ2n) is 5.32. The van der Waals surface area contributed by atoms with Gasteiger partial charge in [0.05, 0.1) is 24.4 Å². The van der Waals surface area contributed by atoms with Crippen LogP contribution in [-0.4, -0.2) is 31.9 Å². The summed E-state index contributed by atoms with van der Waals surface area (Å²) in [6.45, 7) is 0.0648. The first-order valence-corrected chi connectivity index (χ1v) is 7.87. The molecule has 0 amide bonds. The summed E-state index contributed by atoms with van der Waals surface area (Å²) < 4.78 is 38.0. The van der Waals surface area contributed by atoms with Crippen LogP contribution in [0.2, 0.25) is 5.02 Å². The number of aliphatic hydroxyl groups excluding tert-OH is 1. The number of aromatic nitrogens is 4. The quantitative estimate of drug-likeness (QED) is 0.701. The summed E-state index contributed by atoms with van der Waals surface area (Å²) in [5.74, 6) is 0.296. The molecule has 0 aliphatic carbocycles. The summed E-state index contributed by atoms with van der Waals surface area (Å²) in [5.41, 5.74) is 0.798. The molecule has 0 atom stereocenters. The second-order valence-corrected chi connectivity index (χ2v) is 5.76. The molecule has 1 heterocycles. The molecule has 0 saturated heterocycles. The zero-order valence-corrected chi connectivity index (χ0v) is 14.0. The van der Waals surface area contributed by atoms with Crippen LogP contribution in [0.1, 0.15) is 5.56 Å². The molecule has 0 aliphatic rings. The molecule has 26 heavy (non-hydrogen) atoms. The smallest absolute Gasteiger partial charge is 0.394 e. The van der Waals surface area contributed by atoms with Crippen LogP contribution in [0.15, 0.2) is 42.5 Å². The van der Waals surface area contributed by atoms with E-state index in [0.29, 0.717) is 27.8 Å². The predicted molar refractivity (Wildman–Crippen MR) is 90.1 cm³/mol. The molecule has 0 aliphatic heterocycles. The van der Waals surface area contributed by atoms with Gasteiger partial charge >= 0.3 is 6.18 Å². The number of anilines is 2. The van der Waals surface area contributed by atoms with E-state index < -0.39 is 11.7 Å². The van der Waals surface area contributed by atoms with E-state index in [1.54, 1.807) is 18.2 Å². The number of aliphatic hydroxyl groups is 1. The summed E-state index contributed by atoms with van der Waals surface area (Å²) in [6.07, 6.45) is -4.39. The van der Waals surface area contributed by atoms with E-state index in [-0.39, 0.29) is 13.2 Å². The van der Waals surface area contributed by atoms with E-state index in [4.69, 9.17) is 16.7 Å². The minimum Gasteiger partial charge on any atom is -0.394 e. The van der Waals surface area contributed by atoms with Gasteiger partial charge in [-0.1, -0.05) is 11.6 Å². The monoisotopic (exact) mass is 383 g/mol. The molecular weight excluding hydrogens is 371 g/mol. The maximum absolute atomic E-state index is 12.7. The topological polar surface area (TPSA) is 75.9 Å². The highest BCUT2D eigenvalue weighted by Gasteiger charge is 2.29. The van der Waals surface area contributed by atoms with Crippen LogP contribution in [-0.2, 0) is 12.7 Å². The first-order valence-electron chi connectivity index (χ1n) is 7.49. The molecule has 0 saturated carbocycles. The number of rotatable bonds is 5. The molecule has 136 valence electrons. The fraction of sp³-hybridized carbons (Fsp3) is 0.188. The average Bonchev–Trinajstić information content (AvgIpc) is 3.03. The summed E-state index contributed by atoms with van der Waals surface area (Å²) in [6, 6.07) is 9.55. The fourth-order valence-corrected chi connectivity index (χ4v) is 2.42. The van der Waals surface area contributed by atoms with Gasteiger partial charge < -0.3 is 10.4 Å². The molecule has 0 spiro atoms. The fourth-order valence-electron chi connectivity index (χ4n) is 2.25. The second kappa shape index (κ2) is 7.30. The van der Waals surface area contributed by atoms with Gasteiger partial charge in [-0.05, 0) is 47.7 Å². The van der Waals surface area contributed by atoms with Crippen molar-refractivity contribution in [3.05, 3.63) is 53.1 Å². The van der Waals surface area contributed by atoms with Gasteiger partial charge in [-0.15, -0.1) is 10.2 Å². The van der Waals surface area contributed by atoms with Gasteiger partial charge in [0.25, 0.3) is 0 Å². The highest BCUT2D eigenvalue weighted by molar-refractivity contribution is 6.31. The van der Waals surface area contributed by atoms with Crippen molar-refractivity contribution in [3.63, 3.8) is 0 Å². The molecule has 2 aromatic carbocycles. The van der Waals surface area contributed by atoms with Crippen molar-refractivity contribution in [1.29, 1.82) is 0 Å². The minimum absolute atomic E-state index is 0.132. The lowest BCUT2D eigenvalue weighted by Gasteiger charge is -2.12. The highest BCUT2D eigenvalue weighted by Crippen LogP contribution is 2.33. The Labute approximate surface area is 151 Å². The van der Waals surface area contributed by atoms with Crippen LogP contribution >= 0.6 is 11.6 Å². The van der Waals surface area contributed by atoms with Crippen LogP contribution < -0.4 is 5.32 Å². The van der Waals surface area contributed by atoms with Gasteiger partial charge in [0, 0.05) is 16.3 Å². The molecule has 0 radical (unpaired) electrons. The van der Waals surface area contributed by atoms with E-state index in [1.807, 2.05) is 0 Å². The van der Waals surface area contributed by atoms with Crippen molar-refractivity contribution >= 4 is 23.0 Å². The summed E-state index contributed by atoms with van der Waals surface area (Å²) >= 11 is 6.03. The van der Waals surface area contributed by atoms with Gasteiger partial charge in [-0.3, -0.25) is 0 Å². The lowest BCUT2D eigenvalue weighted by molar-refractivity contribution is -0.137. The first-order chi connectivity index (χ1) is 12.4. The SMILES string of the molecule is OCCn1nnc(-c2ccc(Cl)cc2Nc2ccc(C(F)(F)F)cc2)n1. The largest absolute Gasteiger partial charge is 0.416 e. The third-order valence-corrected chi connectivity index (χ3v) is 3.70. The van der Waals surface area contributed by atoms with Crippen molar-refractivity contribution < 1.29 is 18.3 Å². The van der Waals surface area contributed by atoms with Gasteiger partial charge in [0.15, 0.2) is 0 Å².